The molecule has 0 saturated heterocycles. The van der Waals surface area contributed by atoms with E-state index in [-0.39, 0.29) is 0 Å². The van der Waals surface area contributed by atoms with Gasteiger partial charge in [0.1, 0.15) is 0 Å². The lowest BCUT2D eigenvalue weighted by Crippen LogP contribution is -2.25. The van der Waals surface area contributed by atoms with E-state index in [4.69, 9.17) is 0 Å². The van der Waals surface area contributed by atoms with E-state index in [2.05, 4.69) is 103 Å². The first kappa shape index (κ1) is 22.7. The number of hydrogen-bond donors (Lipinski definition) is 0. The molecule has 0 amide bonds. The second-order valence-corrected chi connectivity index (χ2v) is 7.18. The Bertz CT molecular complexity index is 648. The second kappa shape index (κ2) is 13.6. The van der Waals surface area contributed by atoms with Crippen molar-refractivity contribution in [3.8, 4) is 0 Å². The monoisotopic (exact) mass is 388 g/mol. The number of rotatable bonds is 9. The molecule has 0 fully saturated rings. The van der Waals surface area contributed by atoms with Crippen molar-refractivity contribution in [2.75, 3.05) is 24.5 Å². The Morgan fingerprint density at radius 3 is 0.966 bits per heavy atom. The van der Waals surface area contributed by atoms with Gasteiger partial charge in [0.05, 0.1) is 0 Å². The van der Waals surface area contributed by atoms with E-state index in [9.17, 15) is 0 Å². The van der Waals surface area contributed by atoms with Crippen LogP contribution >= 0.6 is 0 Å². The molecule has 3 aromatic rings. The van der Waals surface area contributed by atoms with Crippen LogP contribution in [0.2, 0.25) is 0 Å². The highest BCUT2D eigenvalue weighted by molar-refractivity contribution is 5.76. The van der Waals surface area contributed by atoms with E-state index in [0.717, 1.165) is 0 Å². The maximum absolute atomic E-state index is 2.54. The summed E-state index contributed by atoms with van der Waals surface area (Å²) in [6.45, 7) is 10.6. The molecule has 0 heterocycles. The van der Waals surface area contributed by atoms with Gasteiger partial charge in [0.15, 0.2) is 0 Å². The Balaban J connectivity index is 0.000000257. The van der Waals surface area contributed by atoms with Crippen LogP contribution in [0.3, 0.4) is 0 Å². The molecule has 0 spiro atoms. The maximum Gasteiger partial charge on any atom is 0.0461 e. The summed E-state index contributed by atoms with van der Waals surface area (Å²) < 4.78 is 0. The predicted octanol–water partition coefficient (Wildman–Crippen LogP) is 7.67. The fourth-order valence-electron chi connectivity index (χ4n) is 3.46. The average Bonchev–Trinajstić information content (AvgIpc) is 2.77. The van der Waals surface area contributed by atoms with Crippen LogP contribution in [0.4, 0.5) is 17.1 Å². The summed E-state index contributed by atoms with van der Waals surface area (Å²) in [5.41, 5.74) is 3.50. The van der Waals surface area contributed by atoms with Crippen LogP contribution in [0.1, 0.15) is 40.0 Å². The third kappa shape index (κ3) is 7.75. The number of nitrogens with zero attached hydrogens (tertiary/aromatic N) is 2. The van der Waals surface area contributed by atoms with Gasteiger partial charge in [0.25, 0.3) is 0 Å². The SMILES string of the molecule is CCCN(CCC)CCC.c1ccc(N(c2ccccc2)c2ccccc2)cc1. The van der Waals surface area contributed by atoms with Crippen LogP contribution in [0.25, 0.3) is 0 Å². The van der Waals surface area contributed by atoms with Crippen LogP contribution in [-0.4, -0.2) is 24.5 Å². The van der Waals surface area contributed by atoms with Crippen molar-refractivity contribution in [2.24, 2.45) is 0 Å². The van der Waals surface area contributed by atoms with Gasteiger partial charge in [-0.3, -0.25) is 0 Å². The Hall–Kier alpha value is -2.58. The van der Waals surface area contributed by atoms with Gasteiger partial charge in [0.2, 0.25) is 0 Å². The summed E-state index contributed by atoms with van der Waals surface area (Å²) in [6.07, 6.45) is 3.88. The molecule has 2 heteroatoms. The van der Waals surface area contributed by atoms with Crippen LogP contribution in [0, 0.1) is 0 Å². The highest BCUT2D eigenvalue weighted by Gasteiger charge is 2.10. The van der Waals surface area contributed by atoms with Gasteiger partial charge >= 0.3 is 0 Å². The number of anilines is 3. The lowest BCUT2D eigenvalue weighted by molar-refractivity contribution is 0.275. The first-order chi connectivity index (χ1) is 14.3. The van der Waals surface area contributed by atoms with Crippen LogP contribution in [0.15, 0.2) is 91.0 Å². The van der Waals surface area contributed by atoms with Crippen molar-refractivity contribution in [3.05, 3.63) is 91.0 Å². The maximum atomic E-state index is 2.54. The van der Waals surface area contributed by atoms with Crippen LogP contribution in [0.5, 0.6) is 0 Å². The molecule has 0 atom stereocenters. The smallest absolute Gasteiger partial charge is 0.0461 e. The van der Waals surface area contributed by atoms with E-state index in [1.54, 1.807) is 0 Å². The van der Waals surface area contributed by atoms with Gasteiger partial charge in [-0.25, -0.2) is 0 Å². The van der Waals surface area contributed by atoms with E-state index in [0.29, 0.717) is 0 Å². The van der Waals surface area contributed by atoms with Crippen LogP contribution in [-0.2, 0) is 0 Å². The third-order valence-corrected chi connectivity index (χ3v) is 4.66. The van der Waals surface area contributed by atoms with Gasteiger partial charge < -0.3 is 9.80 Å². The highest BCUT2D eigenvalue weighted by Crippen LogP contribution is 2.33. The topological polar surface area (TPSA) is 6.48 Å². The Kier molecular flexibility index (Phi) is 10.6. The number of hydrogen-bond acceptors (Lipinski definition) is 2. The molecular formula is C27H36N2. The van der Waals surface area contributed by atoms with Crippen molar-refractivity contribution in [2.45, 2.75) is 40.0 Å². The van der Waals surface area contributed by atoms with Gasteiger partial charge in [0, 0.05) is 17.1 Å². The number of benzene rings is 3. The van der Waals surface area contributed by atoms with E-state index >= 15 is 0 Å². The Morgan fingerprint density at radius 2 is 0.724 bits per heavy atom. The Labute approximate surface area is 177 Å². The van der Waals surface area contributed by atoms with Crippen LogP contribution < -0.4 is 4.90 Å². The molecule has 0 aliphatic heterocycles. The molecule has 29 heavy (non-hydrogen) atoms. The lowest BCUT2D eigenvalue weighted by atomic mass is 10.2. The molecule has 0 saturated carbocycles. The molecule has 0 unspecified atom stereocenters. The first-order valence-electron chi connectivity index (χ1n) is 11.0. The first-order valence-corrected chi connectivity index (χ1v) is 11.0. The Morgan fingerprint density at radius 1 is 0.448 bits per heavy atom. The summed E-state index contributed by atoms with van der Waals surface area (Å²) in [6, 6.07) is 31.3. The highest BCUT2D eigenvalue weighted by atomic mass is 15.1. The fraction of sp³-hybridized carbons (Fsp3) is 0.333. The lowest BCUT2D eigenvalue weighted by Gasteiger charge is -2.25. The van der Waals surface area contributed by atoms with Crippen molar-refractivity contribution in [1.29, 1.82) is 0 Å². The van der Waals surface area contributed by atoms with Crippen molar-refractivity contribution in [1.82, 2.24) is 4.90 Å². The minimum atomic E-state index is 1.17. The molecule has 0 aromatic heterocycles. The summed E-state index contributed by atoms with van der Waals surface area (Å²) >= 11 is 0. The minimum absolute atomic E-state index is 1.17. The summed E-state index contributed by atoms with van der Waals surface area (Å²) in [5, 5.41) is 0. The van der Waals surface area contributed by atoms with E-state index < -0.39 is 0 Å². The number of para-hydroxylation sites is 3. The van der Waals surface area contributed by atoms with Crippen molar-refractivity contribution in [3.63, 3.8) is 0 Å². The molecule has 0 aliphatic rings. The van der Waals surface area contributed by atoms with E-state index in [1.165, 1.54) is 56.0 Å². The van der Waals surface area contributed by atoms with Gasteiger partial charge in [-0.05, 0) is 75.3 Å². The summed E-state index contributed by atoms with van der Waals surface area (Å²) in [5.74, 6) is 0. The molecule has 0 aliphatic carbocycles. The minimum Gasteiger partial charge on any atom is -0.311 e. The molecule has 3 aromatic carbocycles. The zero-order valence-electron chi connectivity index (χ0n) is 18.3. The molecule has 0 bridgehead atoms. The zero-order valence-corrected chi connectivity index (χ0v) is 18.3. The van der Waals surface area contributed by atoms with Crippen molar-refractivity contribution >= 4 is 17.1 Å². The van der Waals surface area contributed by atoms with Gasteiger partial charge in [-0.2, -0.15) is 0 Å². The summed E-state index contributed by atoms with van der Waals surface area (Å²) in [7, 11) is 0. The normalized spacial score (nSPS) is 10.3. The third-order valence-electron chi connectivity index (χ3n) is 4.66. The molecule has 0 N–H and O–H groups in total. The van der Waals surface area contributed by atoms with Gasteiger partial charge in [-0.1, -0.05) is 75.4 Å². The zero-order chi connectivity index (χ0) is 20.7. The average molecular weight is 389 g/mol. The fourth-order valence-corrected chi connectivity index (χ4v) is 3.46. The molecule has 2 nitrogen and oxygen atoms in total. The van der Waals surface area contributed by atoms with E-state index in [1.807, 2.05) is 18.2 Å². The molecule has 3 rings (SSSR count). The standard InChI is InChI=1S/C18H15N.C9H21N/c1-4-10-16(11-5-1)19(17-12-6-2-7-13-17)18-14-8-3-9-15-18;1-4-7-10(8-5-2)9-6-3/h1-15H;4-9H2,1-3H3. The molecular weight excluding hydrogens is 352 g/mol. The predicted molar refractivity (Wildman–Crippen MR) is 128 cm³/mol. The second-order valence-electron chi connectivity index (χ2n) is 7.18. The molecule has 154 valence electrons. The van der Waals surface area contributed by atoms with Gasteiger partial charge in [-0.15, -0.1) is 0 Å². The van der Waals surface area contributed by atoms with Crippen molar-refractivity contribution < 1.29 is 0 Å². The quantitative estimate of drug-likeness (QED) is 0.371. The largest absolute Gasteiger partial charge is 0.311 e. The summed E-state index contributed by atoms with van der Waals surface area (Å²) in [4.78, 5) is 4.79. The molecule has 0 radical (unpaired) electrons.